The van der Waals surface area contributed by atoms with Gasteiger partial charge < -0.3 is 4.90 Å². The number of anilines is 1. The van der Waals surface area contributed by atoms with Gasteiger partial charge in [-0.15, -0.1) is 0 Å². The Morgan fingerprint density at radius 2 is 1.52 bits per heavy atom. The van der Waals surface area contributed by atoms with E-state index in [-0.39, 0.29) is 17.8 Å². The lowest BCUT2D eigenvalue weighted by Gasteiger charge is -2.36. The van der Waals surface area contributed by atoms with E-state index in [1.54, 1.807) is 43.3 Å². The Bertz CT molecular complexity index is 1210. The number of para-hydroxylation sites is 1. The molecule has 1 aliphatic rings. The van der Waals surface area contributed by atoms with Crippen molar-refractivity contribution < 1.29 is 30.7 Å². The van der Waals surface area contributed by atoms with E-state index in [1.165, 1.54) is 11.0 Å². The lowest BCUT2D eigenvalue weighted by molar-refractivity contribution is -0.138. The second kappa shape index (κ2) is 8.24. The third-order valence-electron chi connectivity index (χ3n) is 5.58. The summed E-state index contributed by atoms with van der Waals surface area (Å²) in [5.74, 6) is -0.912. The van der Waals surface area contributed by atoms with Crippen molar-refractivity contribution in [1.82, 2.24) is 0 Å². The molecule has 0 saturated heterocycles. The molecule has 0 saturated carbocycles. The molecule has 0 unspecified atom stereocenters. The molecule has 1 aliphatic heterocycles. The standard InChI is InChI=1S/C25H18F7N/c1-15-13-33(14-17-12-18(24(27,28)29)10-11-21(17)26)23-19(8-5-9-20(23)25(30,31)32)22(15)16-6-3-2-4-7-16/h2-12H,13-14H2,1H3. The Balaban J connectivity index is 1.88. The quantitative estimate of drug-likeness (QED) is 0.358. The summed E-state index contributed by atoms with van der Waals surface area (Å²) >= 11 is 0. The first-order valence-corrected chi connectivity index (χ1v) is 10.0. The molecule has 0 amide bonds. The Morgan fingerprint density at radius 3 is 2.15 bits per heavy atom. The SMILES string of the molecule is CC1=C(c2ccccc2)c2cccc(C(F)(F)F)c2N(Cc2cc(C(F)(F)F)ccc2F)C1. The van der Waals surface area contributed by atoms with Crippen molar-refractivity contribution in [1.29, 1.82) is 0 Å². The van der Waals surface area contributed by atoms with E-state index < -0.39 is 35.8 Å². The highest BCUT2D eigenvalue weighted by Crippen LogP contribution is 2.46. The number of hydrogen-bond acceptors (Lipinski definition) is 1. The van der Waals surface area contributed by atoms with Gasteiger partial charge in [0, 0.05) is 24.2 Å². The van der Waals surface area contributed by atoms with Crippen LogP contribution in [0.1, 0.15) is 34.7 Å². The molecule has 0 aromatic heterocycles. The lowest BCUT2D eigenvalue weighted by Crippen LogP contribution is -2.32. The van der Waals surface area contributed by atoms with Crippen LogP contribution < -0.4 is 4.90 Å². The molecule has 0 radical (unpaired) electrons. The van der Waals surface area contributed by atoms with Crippen molar-refractivity contribution in [2.45, 2.75) is 25.8 Å². The Kier molecular flexibility index (Phi) is 5.72. The minimum absolute atomic E-state index is 0.00000638. The van der Waals surface area contributed by atoms with Crippen LogP contribution >= 0.6 is 0 Å². The minimum Gasteiger partial charge on any atom is -0.362 e. The monoisotopic (exact) mass is 465 g/mol. The fraction of sp³-hybridized carbons (Fsp3) is 0.200. The fourth-order valence-corrected chi connectivity index (χ4v) is 4.21. The summed E-state index contributed by atoms with van der Waals surface area (Å²) in [4.78, 5) is 1.29. The molecule has 0 atom stereocenters. The first-order chi connectivity index (χ1) is 15.5. The van der Waals surface area contributed by atoms with Gasteiger partial charge in [0.1, 0.15) is 5.82 Å². The topological polar surface area (TPSA) is 3.24 Å². The molecule has 8 heteroatoms. The number of rotatable bonds is 3. The smallest absolute Gasteiger partial charge is 0.362 e. The zero-order valence-corrected chi connectivity index (χ0v) is 17.4. The number of fused-ring (bicyclic) bond motifs is 1. The van der Waals surface area contributed by atoms with E-state index in [0.29, 0.717) is 29.3 Å². The minimum atomic E-state index is -4.71. The van der Waals surface area contributed by atoms with Crippen molar-refractivity contribution >= 4 is 11.3 Å². The van der Waals surface area contributed by atoms with Gasteiger partial charge in [-0.25, -0.2) is 4.39 Å². The Labute approximate surface area is 185 Å². The average Bonchev–Trinajstić information content (AvgIpc) is 2.74. The van der Waals surface area contributed by atoms with Gasteiger partial charge in [-0.05, 0) is 47.9 Å². The van der Waals surface area contributed by atoms with E-state index >= 15 is 0 Å². The molecule has 33 heavy (non-hydrogen) atoms. The molecule has 0 fully saturated rings. The van der Waals surface area contributed by atoms with Crippen molar-refractivity contribution in [3.05, 3.63) is 106 Å². The van der Waals surface area contributed by atoms with E-state index in [4.69, 9.17) is 0 Å². The number of benzene rings is 3. The van der Waals surface area contributed by atoms with Crippen LogP contribution in [0.4, 0.5) is 36.4 Å². The Hall–Kier alpha value is -3.29. The molecule has 0 N–H and O–H groups in total. The van der Waals surface area contributed by atoms with E-state index in [0.717, 1.165) is 17.2 Å². The van der Waals surface area contributed by atoms with Crippen LogP contribution in [0.3, 0.4) is 0 Å². The highest BCUT2D eigenvalue weighted by molar-refractivity contribution is 5.92. The maximum absolute atomic E-state index is 14.4. The van der Waals surface area contributed by atoms with Crippen LogP contribution in [0.25, 0.3) is 5.57 Å². The van der Waals surface area contributed by atoms with Crippen LogP contribution in [0.15, 0.2) is 72.3 Å². The number of nitrogens with zero attached hydrogens (tertiary/aromatic N) is 1. The van der Waals surface area contributed by atoms with Gasteiger partial charge in [0.25, 0.3) is 0 Å². The van der Waals surface area contributed by atoms with Crippen LogP contribution in [0, 0.1) is 5.82 Å². The molecule has 3 aromatic rings. The summed E-state index contributed by atoms with van der Waals surface area (Å²) in [6.45, 7) is 1.30. The second-order valence-corrected chi connectivity index (χ2v) is 7.88. The van der Waals surface area contributed by atoms with Crippen LogP contribution in [-0.2, 0) is 18.9 Å². The largest absolute Gasteiger partial charge is 0.418 e. The Morgan fingerprint density at radius 1 is 0.818 bits per heavy atom. The number of alkyl halides is 6. The summed E-state index contributed by atoms with van der Waals surface area (Å²) in [5.41, 5.74) is -0.119. The molecule has 0 spiro atoms. The average molecular weight is 465 g/mol. The van der Waals surface area contributed by atoms with Crippen molar-refractivity contribution in [2.24, 2.45) is 0 Å². The number of hydrogen-bond donors (Lipinski definition) is 0. The van der Waals surface area contributed by atoms with Crippen molar-refractivity contribution in [3.63, 3.8) is 0 Å². The first-order valence-electron chi connectivity index (χ1n) is 10.0. The molecule has 1 nitrogen and oxygen atoms in total. The molecule has 3 aromatic carbocycles. The van der Waals surface area contributed by atoms with Crippen LogP contribution in [0.2, 0.25) is 0 Å². The predicted octanol–water partition coefficient (Wildman–Crippen LogP) is 7.71. The summed E-state index contributed by atoms with van der Waals surface area (Å²) in [6.07, 6.45) is -9.40. The van der Waals surface area contributed by atoms with E-state index in [2.05, 4.69) is 0 Å². The molecule has 1 heterocycles. The molecule has 0 bridgehead atoms. The van der Waals surface area contributed by atoms with Gasteiger partial charge in [0.2, 0.25) is 0 Å². The fourth-order valence-electron chi connectivity index (χ4n) is 4.21. The normalized spacial score (nSPS) is 14.5. The second-order valence-electron chi connectivity index (χ2n) is 7.88. The highest BCUT2D eigenvalue weighted by atomic mass is 19.4. The summed E-state index contributed by atoms with van der Waals surface area (Å²) in [6, 6.07) is 14.6. The third kappa shape index (κ3) is 4.47. The summed E-state index contributed by atoms with van der Waals surface area (Å²) in [7, 11) is 0. The molecular formula is C25H18F7N. The predicted molar refractivity (Wildman–Crippen MR) is 112 cm³/mol. The number of halogens is 7. The van der Waals surface area contributed by atoms with Gasteiger partial charge in [-0.2, -0.15) is 26.3 Å². The zero-order chi connectivity index (χ0) is 24.0. The van der Waals surface area contributed by atoms with Crippen LogP contribution in [0.5, 0.6) is 0 Å². The van der Waals surface area contributed by atoms with Gasteiger partial charge in [0.15, 0.2) is 0 Å². The van der Waals surface area contributed by atoms with Crippen LogP contribution in [-0.4, -0.2) is 6.54 Å². The molecule has 172 valence electrons. The van der Waals surface area contributed by atoms with Crippen molar-refractivity contribution in [3.8, 4) is 0 Å². The maximum Gasteiger partial charge on any atom is 0.418 e. The van der Waals surface area contributed by atoms with Gasteiger partial charge >= 0.3 is 12.4 Å². The maximum atomic E-state index is 14.4. The first kappa shape index (κ1) is 22.9. The van der Waals surface area contributed by atoms with Gasteiger partial charge in [-0.1, -0.05) is 42.5 Å². The van der Waals surface area contributed by atoms with Crippen molar-refractivity contribution in [2.75, 3.05) is 11.4 Å². The lowest BCUT2D eigenvalue weighted by atomic mass is 9.87. The molecule has 0 aliphatic carbocycles. The summed E-state index contributed by atoms with van der Waals surface area (Å²) in [5, 5.41) is 0. The van der Waals surface area contributed by atoms with Gasteiger partial charge in [-0.3, -0.25) is 0 Å². The zero-order valence-electron chi connectivity index (χ0n) is 17.4. The summed E-state index contributed by atoms with van der Waals surface area (Å²) < 4.78 is 95.7. The van der Waals surface area contributed by atoms with E-state index in [1.807, 2.05) is 0 Å². The third-order valence-corrected chi connectivity index (χ3v) is 5.58. The van der Waals surface area contributed by atoms with Gasteiger partial charge in [0.05, 0.1) is 16.8 Å². The highest BCUT2D eigenvalue weighted by Gasteiger charge is 2.39. The molecular weight excluding hydrogens is 447 g/mol. The van der Waals surface area contributed by atoms with E-state index in [9.17, 15) is 30.7 Å². The molecule has 4 rings (SSSR count).